The molecule has 2 aliphatic rings. The molecular formula is C25H29N5O2. The summed E-state index contributed by atoms with van der Waals surface area (Å²) in [5.41, 5.74) is 3.66. The molecule has 32 heavy (non-hydrogen) atoms. The van der Waals surface area contributed by atoms with E-state index in [0.29, 0.717) is 18.4 Å². The third-order valence-electron chi connectivity index (χ3n) is 6.74. The maximum atomic E-state index is 12.7. The Kier molecular flexibility index (Phi) is 5.66. The topological polar surface area (TPSA) is 72.2 Å². The number of pyridine rings is 1. The van der Waals surface area contributed by atoms with Crippen LogP contribution >= 0.6 is 0 Å². The summed E-state index contributed by atoms with van der Waals surface area (Å²) >= 11 is 0. The predicted octanol–water partition coefficient (Wildman–Crippen LogP) is 2.39. The number of carbonyl (C=O) groups excluding carboxylic acids is 1. The van der Waals surface area contributed by atoms with Gasteiger partial charge in [-0.3, -0.25) is 19.2 Å². The van der Waals surface area contributed by atoms with Crippen LogP contribution in [-0.4, -0.2) is 44.8 Å². The number of carbonyl (C=O) groups is 1. The largest absolute Gasteiger partial charge is 0.354 e. The number of nitrogens with one attached hydrogen (secondary N) is 1. The van der Waals surface area contributed by atoms with Gasteiger partial charge in [-0.1, -0.05) is 30.3 Å². The molecule has 2 aromatic heterocycles. The van der Waals surface area contributed by atoms with Gasteiger partial charge in [0, 0.05) is 63.2 Å². The molecule has 1 N–H and O–H groups in total. The summed E-state index contributed by atoms with van der Waals surface area (Å²) in [6.07, 6.45) is 4.84. The highest BCUT2D eigenvalue weighted by Crippen LogP contribution is 2.41. The SMILES string of the molecule is CC(=O)NC[C@H]1[C@H]2C[C@H](CN(Cc3cccc(Cn4cccn4)c3)C2)c2cccc(=O)n21. The molecule has 0 spiro atoms. The van der Waals surface area contributed by atoms with Crippen molar-refractivity contribution in [2.45, 2.75) is 38.4 Å². The Morgan fingerprint density at radius 3 is 2.69 bits per heavy atom. The quantitative estimate of drug-likeness (QED) is 0.651. The summed E-state index contributed by atoms with van der Waals surface area (Å²) in [5, 5.41) is 7.26. The number of hydrogen-bond donors (Lipinski definition) is 1. The minimum atomic E-state index is -0.0562. The third kappa shape index (κ3) is 4.25. The molecule has 7 nitrogen and oxygen atoms in total. The molecule has 7 heteroatoms. The third-order valence-corrected chi connectivity index (χ3v) is 6.74. The highest BCUT2D eigenvalue weighted by atomic mass is 16.1. The fourth-order valence-corrected chi connectivity index (χ4v) is 5.44. The first-order chi connectivity index (χ1) is 15.6. The molecule has 2 aliphatic heterocycles. The van der Waals surface area contributed by atoms with Crippen LogP contribution in [0.2, 0.25) is 0 Å². The average molecular weight is 432 g/mol. The normalized spacial score (nSPS) is 22.3. The number of fused-ring (bicyclic) bond motifs is 4. The Hall–Kier alpha value is -3.19. The molecule has 1 amide bonds. The fraction of sp³-hybridized carbons (Fsp3) is 0.400. The molecule has 2 bridgehead atoms. The van der Waals surface area contributed by atoms with Crippen LogP contribution in [0, 0.1) is 5.92 Å². The Balaban J connectivity index is 1.36. The van der Waals surface area contributed by atoms with Crippen molar-refractivity contribution in [3.8, 4) is 0 Å². The Bertz CT molecular complexity index is 1150. The monoisotopic (exact) mass is 431 g/mol. The van der Waals surface area contributed by atoms with Crippen molar-refractivity contribution in [2.75, 3.05) is 19.6 Å². The van der Waals surface area contributed by atoms with E-state index in [4.69, 9.17) is 0 Å². The Labute approximate surface area is 187 Å². The summed E-state index contributed by atoms with van der Waals surface area (Å²) in [6, 6.07) is 16.2. The van der Waals surface area contributed by atoms with E-state index in [1.807, 2.05) is 27.6 Å². The van der Waals surface area contributed by atoms with Crippen molar-refractivity contribution < 1.29 is 4.79 Å². The van der Waals surface area contributed by atoms with Crippen molar-refractivity contribution in [3.05, 3.63) is 88.1 Å². The minimum Gasteiger partial charge on any atom is -0.354 e. The highest BCUT2D eigenvalue weighted by Gasteiger charge is 2.40. The second kappa shape index (κ2) is 8.74. The highest BCUT2D eigenvalue weighted by molar-refractivity contribution is 5.72. The zero-order valence-electron chi connectivity index (χ0n) is 18.4. The van der Waals surface area contributed by atoms with Crippen LogP contribution in [-0.2, 0) is 17.9 Å². The maximum absolute atomic E-state index is 12.7. The lowest BCUT2D eigenvalue weighted by Gasteiger charge is -2.47. The van der Waals surface area contributed by atoms with Crippen LogP contribution < -0.4 is 10.9 Å². The van der Waals surface area contributed by atoms with E-state index < -0.39 is 0 Å². The number of benzene rings is 1. The van der Waals surface area contributed by atoms with Crippen LogP contribution in [0.1, 0.15) is 42.1 Å². The molecule has 0 unspecified atom stereocenters. The zero-order chi connectivity index (χ0) is 22.1. The molecule has 3 atom stereocenters. The van der Waals surface area contributed by atoms with E-state index in [1.165, 1.54) is 18.1 Å². The summed E-state index contributed by atoms with van der Waals surface area (Å²) in [6.45, 7) is 5.53. The average Bonchev–Trinajstić information content (AvgIpc) is 3.27. The van der Waals surface area contributed by atoms with Crippen LogP contribution in [0.5, 0.6) is 0 Å². The van der Waals surface area contributed by atoms with Gasteiger partial charge in [-0.05, 0) is 35.6 Å². The number of nitrogens with zero attached hydrogens (tertiary/aromatic N) is 4. The minimum absolute atomic E-state index is 0.00667. The number of piperidine rings is 1. The second-order valence-electron chi connectivity index (χ2n) is 9.07. The van der Waals surface area contributed by atoms with Gasteiger partial charge in [0.1, 0.15) is 0 Å². The number of rotatable bonds is 6. The van der Waals surface area contributed by atoms with Gasteiger partial charge in [-0.25, -0.2) is 0 Å². The molecule has 5 rings (SSSR count). The summed E-state index contributed by atoms with van der Waals surface area (Å²) in [5.74, 6) is 0.614. The lowest BCUT2D eigenvalue weighted by atomic mass is 9.78. The van der Waals surface area contributed by atoms with Crippen LogP contribution in [0.4, 0.5) is 0 Å². The van der Waals surface area contributed by atoms with Gasteiger partial charge in [0.15, 0.2) is 0 Å². The molecular weight excluding hydrogens is 402 g/mol. The van der Waals surface area contributed by atoms with Crippen molar-refractivity contribution in [2.24, 2.45) is 5.92 Å². The lowest BCUT2D eigenvalue weighted by molar-refractivity contribution is -0.119. The van der Waals surface area contributed by atoms with E-state index in [-0.39, 0.29) is 17.5 Å². The molecule has 1 fully saturated rings. The molecule has 1 aromatic carbocycles. The van der Waals surface area contributed by atoms with Crippen molar-refractivity contribution in [1.82, 2.24) is 24.6 Å². The van der Waals surface area contributed by atoms with Gasteiger partial charge >= 0.3 is 0 Å². The van der Waals surface area contributed by atoms with Crippen molar-refractivity contribution >= 4 is 5.91 Å². The van der Waals surface area contributed by atoms with E-state index in [1.54, 1.807) is 12.3 Å². The van der Waals surface area contributed by atoms with E-state index in [0.717, 1.165) is 38.3 Å². The Morgan fingerprint density at radius 2 is 1.91 bits per heavy atom. The molecule has 0 radical (unpaired) electrons. The fourth-order valence-electron chi connectivity index (χ4n) is 5.44. The van der Waals surface area contributed by atoms with Crippen molar-refractivity contribution in [3.63, 3.8) is 0 Å². The van der Waals surface area contributed by atoms with Gasteiger partial charge in [-0.15, -0.1) is 0 Å². The van der Waals surface area contributed by atoms with Gasteiger partial charge < -0.3 is 9.88 Å². The lowest BCUT2D eigenvalue weighted by Crippen LogP contribution is -2.51. The Morgan fingerprint density at radius 1 is 1.09 bits per heavy atom. The van der Waals surface area contributed by atoms with Crippen LogP contribution in [0.15, 0.2) is 65.7 Å². The molecule has 4 heterocycles. The van der Waals surface area contributed by atoms with Gasteiger partial charge in [0.05, 0.1) is 12.6 Å². The van der Waals surface area contributed by atoms with Gasteiger partial charge in [-0.2, -0.15) is 5.10 Å². The molecule has 166 valence electrons. The van der Waals surface area contributed by atoms with Gasteiger partial charge in [0.25, 0.3) is 5.56 Å². The number of amides is 1. The van der Waals surface area contributed by atoms with E-state index >= 15 is 0 Å². The first kappa shape index (κ1) is 20.7. The standard InChI is InChI=1S/C25H29N5O2/c1-18(31)26-13-24-22-12-21(23-7-3-8-25(32)30(23)24)16-28(17-22)14-19-5-2-6-20(11-19)15-29-10-4-9-27-29/h2-11,21-22,24H,12-17H2,1H3,(H,26,31)/t21-,22+,24+/m1/s1. The predicted molar refractivity (Wildman–Crippen MR) is 122 cm³/mol. The van der Waals surface area contributed by atoms with Crippen LogP contribution in [0.3, 0.4) is 0 Å². The summed E-state index contributed by atoms with van der Waals surface area (Å²) < 4.78 is 3.88. The maximum Gasteiger partial charge on any atom is 0.251 e. The van der Waals surface area contributed by atoms with Gasteiger partial charge in [0.2, 0.25) is 5.91 Å². The molecule has 3 aromatic rings. The number of hydrogen-bond acceptors (Lipinski definition) is 4. The molecule has 1 saturated heterocycles. The smallest absolute Gasteiger partial charge is 0.251 e. The first-order valence-electron chi connectivity index (χ1n) is 11.3. The molecule has 0 saturated carbocycles. The number of likely N-dealkylation sites (tertiary alicyclic amines) is 1. The summed E-state index contributed by atoms with van der Waals surface area (Å²) in [7, 11) is 0. The summed E-state index contributed by atoms with van der Waals surface area (Å²) in [4.78, 5) is 26.8. The first-order valence-corrected chi connectivity index (χ1v) is 11.3. The van der Waals surface area contributed by atoms with E-state index in [2.05, 4.69) is 45.6 Å². The van der Waals surface area contributed by atoms with Crippen molar-refractivity contribution in [1.29, 1.82) is 0 Å². The zero-order valence-corrected chi connectivity index (χ0v) is 18.4. The van der Waals surface area contributed by atoms with E-state index in [9.17, 15) is 9.59 Å². The second-order valence-corrected chi connectivity index (χ2v) is 9.07. The molecule has 0 aliphatic carbocycles. The number of aromatic nitrogens is 3. The van der Waals surface area contributed by atoms with Crippen LogP contribution in [0.25, 0.3) is 0 Å².